The third kappa shape index (κ3) is 2.54. The molecule has 0 bridgehead atoms. The van der Waals surface area contributed by atoms with Crippen molar-refractivity contribution in [1.82, 2.24) is 20.0 Å². The van der Waals surface area contributed by atoms with E-state index in [0.717, 1.165) is 32.2 Å². The molecule has 1 aromatic rings. The van der Waals surface area contributed by atoms with E-state index in [-0.39, 0.29) is 16.6 Å². The van der Waals surface area contributed by atoms with E-state index in [4.69, 9.17) is 0 Å². The van der Waals surface area contributed by atoms with Gasteiger partial charge in [-0.2, -0.15) is 0 Å². The Morgan fingerprint density at radius 1 is 1.47 bits per heavy atom. The average Bonchev–Trinajstić information content (AvgIpc) is 2.74. The number of nitrogens with one attached hydrogen (secondary N) is 3. The topological polar surface area (TPSA) is 86.9 Å². The first kappa shape index (κ1) is 13.1. The molecule has 0 radical (unpaired) electrons. The Hall–Kier alpha value is -0.920. The van der Waals surface area contributed by atoms with Gasteiger partial charge in [0.15, 0.2) is 5.03 Å². The maximum Gasteiger partial charge on any atom is 0.257 e. The molecule has 3 rings (SSSR count). The fourth-order valence-corrected chi connectivity index (χ4v) is 4.30. The number of sulfonamides is 1. The molecule has 19 heavy (non-hydrogen) atoms. The number of hydrogen-bond acceptors (Lipinski definition) is 4. The number of imidazole rings is 1. The van der Waals surface area contributed by atoms with Gasteiger partial charge in [-0.25, -0.2) is 18.1 Å². The highest BCUT2D eigenvalue weighted by atomic mass is 32.2. The predicted molar refractivity (Wildman–Crippen MR) is 71.3 cm³/mol. The molecular formula is C12H20N4O2S. The zero-order chi connectivity index (χ0) is 13.5. The van der Waals surface area contributed by atoms with Crippen molar-refractivity contribution in [3.63, 3.8) is 0 Å². The summed E-state index contributed by atoms with van der Waals surface area (Å²) in [7, 11) is -3.47. The van der Waals surface area contributed by atoms with Crippen molar-refractivity contribution in [3.05, 3.63) is 12.0 Å². The maximum absolute atomic E-state index is 12.2. The van der Waals surface area contributed by atoms with Crippen LogP contribution in [0, 0.1) is 6.92 Å². The minimum absolute atomic E-state index is 0.0233. The van der Waals surface area contributed by atoms with E-state index in [1.54, 1.807) is 6.92 Å². The molecule has 2 heterocycles. The number of nitrogens with zero attached hydrogens (tertiary/aromatic N) is 1. The fourth-order valence-electron chi connectivity index (χ4n) is 3.06. The number of rotatable bonds is 3. The first-order valence-electron chi connectivity index (χ1n) is 6.78. The molecule has 1 unspecified atom stereocenters. The molecule has 2 aliphatic rings. The standard InChI is InChI=1S/C12H20N4O2S/c1-9-13-8-11(15-9)19(17,18)16-10-3-6-14-12(7-10)4-2-5-12/h8,10,14,16H,2-7H2,1H3,(H,13,15). The first-order valence-corrected chi connectivity index (χ1v) is 8.26. The van der Waals surface area contributed by atoms with E-state index in [2.05, 4.69) is 20.0 Å². The van der Waals surface area contributed by atoms with E-state index in [1.807, 2.05) is 0 Å². The van der Waals surface area contributed by atoms with E-state index in [0.29, 0.717) is 5.82 Å². The lowest BCUT2D eigenvalue weighted by atomic mass is 9.70. The second kappa shape index (κ2) is 4.57. The molecule has 1 spiro atoms. The second-order valence-corrected chi connectivity index (χ2v) is 7.39. The summed E-state index contributed by atoms with van der Waals surface area (Å²) in [5.74, 6) is 0.612. The molecule has 1 saturated heterocycles. The van der Waals surface area contributed by atoms with Crippen LogP contribution in [0.2, 0.25) is 0 Å². The van der Waals surface area contributed by atoms with Crippen molar-refractivity contribution < 1.29 is 8.42 Å². The van der Waals surface area contributed by atoms with Gasteiger partial charge < -0.3 is 10.3 Å². The van der Waals surface area contributed by atoms with Crippen molar-refractivity contribution in [2.75, 3.05) is 6.54 Å². The molecule has 1 aliphatic heterocycles. The van der Waals surface area contributed by atoms with Gasteiger partial charge in [0.05, 0.1) is 6.20 Å². The highest BCUT2D eigenvalue weighted by molar-refractivity contribution is 7.89. The third-order valence-corrected chi connectivity index (χ3v) is 5.66. The predicted octanol–water partition coefficient (Wildman–Crippen LogP) is 0.671. The van der Waals surface area contributed by atoms with Crippen LogP contribution in [-0.2, 0) is 10.0 Å². The van der Waals surface area contributed by atoms with Crippen molar-refractivity contribution in [3.8, 4) is 0 Å². The summed E-state index contributed by atoms with van der Waals surface area (Å²) in [4.78, 5) is 6.72. The fraction of sp³-hybridized carbons (Fsp3) is 0.750. The molecule has 0 amide bonds. The van der Waals surface area contributed by atoms with Crippen LogP contribution in [0.1, 0.15) is 37.9 Å². The Balaban J connectivity index is 1.70. The number of aryl methyl sites for hydroxylation is 1. The number of hydrogen-bond donors (Lipinski definition) is 3. The summed E-state index contributed by atoms with van der Waals surface area (Å²) >= 11 is 0. The molecule has 1 atom stereocenters. The van der Waals surface area contributed by atoms with Crippen LogP contribution in [0.25, 0.3) is 0 Å². The van der Waals surface area contributed by atoms with Gasteiger partial charge in [0, 0.05) is 11.6 Å². The third-order valence-electron chi connectivity index (χ3n) is 4.23. The lowest BCUT2D eigenvalue weighted by Gasteiger charge is -2.48. The largest absolute Gasteiger partial charge is 0.332 e. The lowest BCUT2D eigenvalue weighted by Crippen LogP contribution is -2.59. The highest BCUT2D eigenvalue weighted by Crippen LogP contribution is 2.38. The smallest absolute Gasteiger partial charge is 0.257 e. The zero-order valence-corrected chi connectivity index (χ0v) is 11.9. The Morgan fingerprint density at radius 3 is 2.84 bits per heavy atom. The molecule has 106 valence electrons. The SMILES string of the molecule is Cc1ncc(S(=O)(=O)NC2CCNC3(CCC3)C2)[nH]1. The van der Waals surface area contributed by atoms with Crippen LogP contribution in [0.3, 0.4) is 0 Å². The van der Waals surface area contributed by atoms with Gasteiger partial charge in [-0.3, -0.25) is 0 Å². The quantitative estimate of drug-likeness (QED) is 0.761. The Bertz CT molecular complexity index is 562. The van der Waals surface area contributed by atoms with Crippen LogP contribution in [-0.4, -0.2) is 36.5 Å². The van der Waals surface area contributed by atoms with Gasteiger partial charge in [0.25, 0.3) is 10.0 Å². The highest BCUT2D eigenvalue weighted by Gasteiger charge is 2.41. The zero-order valence-electron chi connectivity index (χ0n) is 11.1. The summed E-state index contributed by atoms with van der Waals surface area (Å²) in [5, 5.41) is 3.70. The second-order valence-electron chi connectivity index (χ2n) is 5.70. The number of aromatic nitrogens is 2. The van der Waals surface area contributed by atoms with Gasteiger partial charge in [-0.15, -0.1) is 0 Å². The molecule has 6 nitrogen and oxygen atoms in total. The molecule has 7 heteroatoms. The average molecular weight is 284 g/mol. The number of piperidine rings is 1. The Morgan fingerprint density at radius 2 is 2.26 bits per heavy atom. The van der Waals surface area contributed by atoms with Crippen molar-refractivity contribution in [1.29, 1.82) is 0 Å². The van der Waals surface area contributed by atoms with Gasteiger partial charge in [0.1, 0.15) is 5.82 Å². The summed E-state index contributed by atoms with van der Waals surface area (Å²) in [6, 6.07) is 0.0233. The molecule has 1 aliphatic carbocycles. The Labute approximate surface area is 113 Å². The molecule has 1 saturated carbocycles. The van der Waals surface area contributed by atoms with Gasteiger partial charge in [0.2, 0.25) is 0 Å². The number of aromatic amines is 1. The molecule has 1 aromatic heterocycles. The lowest BCUT2D eigenvalue weighted by molar-refractivity contribution is 0.126. The summed E-state index contributed by atoms with van der Waals surface area (Å²) in [6.07, 6.45) is 6.67. The molecule has 2 fully saturated rings. The van der Waals surface area contributed by atoms with Crippen LogP contribution in [0.4, 0.5) is 0 Å². The van der Waals surface area contributed by atoms with E-state index in [1.165, 1.54) is 12.6 Å². The minimum atomic E-state index is -3.47. The minimum Gasteiger partial charge on any atom is -0.332 e. The molecule has 3 N–H and O–H groups in total. The summed E-state index contributed by atoms with van der Waals surface area (Å²) in [6.45, 7) is 2.63. The molecule has 0 aromatic carbocycles. The normalized spacial score (nSPS) is 26.3. The van der Waals surface area contributed by atoms with Gasteiger partial charge in [-0.05, 0) is 45.6 Å². The van der Waals surface area contributed by atoms with E-state index >= 15 is 0 Å². The molecular weight excluding hydrogens is 264 g/mol. The van der Waals surface area contributed by atoms with Crippen molar-refractivity contribution >= 4 is 10.0 Å². The van der Waals surface area contributed by atoms with Crippen LogP contribution < -0.4 is 10.0 Å². The monoisotopic (exact) mass is 284 g/mol. The summed E-state index contributed by atoms with van der Waals surface area (Å²) < 4.78 is 27.3. The number of H-pyrrole nitrogens is 1. The first-order chi connectivity index (χ1) is 8.99. The Kier molecular flexibility index (Phi) is 3.15. The van der Waals surface area contributed by atoms with E-state index < -0.39 is 10.0 Å². The maximum atomic E-state index is 12.2. The van der Waals surface area contributed by atoms with Crippen LogP contribution in [0.5, 0.6) is 0 Å². The van der Waals surface area contributed by atoms with E-state index in [9.17, 15) is 8.42 Å². The summed E-state index contributed by atoms with van der Waals surface area (Å²) in [5.41, 5.74) is 0.190. The van der Waals surface area contributed by atoms with Crippen LogP contribution >= 0.6 is 0 Å². The van der Waals surface area contributed by atoms with Crippen molar-refractivity contribution in [2.45, 2.75) is 55.6 Å². The van der Waals surface area contributed by atoms with Crippen LogP contribution in [0.15, 0.2) is 11.2 Å². The van der Waals surface area contributed by atoms with Gasteiger partial charge >= 0.3 is 0 Å². The van der Waals surface area contributed by atoms with Crippen molar-refractivity contribution in [2.24, 2.45) is 0 Å². The van der Waals surface area contributed by atoms with Gasteiger partial charge in [-0.1, -0.05) is 0 Å².